The van der Waals surface area contributed by atoms with E-state index in [-0.39, 0.29) is 6.01 Å². The summed E-state index contributed by atoms with van der Waals surface area (Å²) in [6.45, 7) is 0.425. The Labute approximate surface area is 116 Å². The topological polar surface area (TPSA) is 70.3 Å². The lowest BCUT2D eigenvalue weighted by molar-refractivity contribution is 0.298. The molecule has 100 valence electrons. The van der Waals surface area contributed by atoms with Crippen molar-refractivity contribution >= 4 is 17.3 Å². The van der Waals surface area contributed by atoms with E-state index in [2.05, 4.69) is 9.97 Å². The van der Waals surface area contributed by atoms with Gasteiger partial charge in [0.1, 0.15) is 5.02 Å². The maximum Gasteiger partial charge on any atom is 0.319 e. The molecule has 0 spiro atoms. The van der Waals surface area contributed by atoms with Gasteiger partial charge in [-0.2, -0.15) is 4.98 Å². The molecule has 2 rings (SSSR count). The van der Waals surface area contributed by atoms with Gasteiger partial charge in [0.15, 0.2) is 0 Å². The van der Waals surface area contributed by atoms with E-state index in [4.69, 9.17) is 26.8 Å². The van der Waals surface area contributed by atoms with E-state index in [0.717, 1.165) is 11.3 Å². The molecule has 0 radical (unpaired) electrons. The maximum absolute atomic E-state index is 5.94. The summed E-state index contributed by atoms with van der Waals surface area (Å²) in [6, 6.07) is 7.87. The Morgan fingerprint density at radius 2 is 2.11 bits per heavy atom. The molecule has 0 bridgehead atoms. The lowest BCUT2D eigenvalue weighted by Crippen LogP contribution is -2.06. The number of ether oxygens (including phenoxy) is 2. The van der Waals surface area contributed by atoms with Crippen LogP contribution < -0.4 is 15.2 Å². The number of hydrogen-bond donors (Lipinski definition) is 1. The van der Waals surface area contributed by atoms with Gasteiger partial charge >= 0.3 is 6.01 Å². The first-order chi connectivity index (χ1) is 9.20. The number of methoxy groups -OCH3 is 1. The van der Waals surface area contributed by atoms with E-state index >= 15 is 0 Å². The Morgan fingerprint density at radius 1 is 1.32 bits per heavy atom. The van der Waals surface area contributed by atoms with Crippen molar-refractivity contribution in [2.45, 2.75) is 6.42 Å². The predicted molar refractivity (Wildman–Crippen MR) is 73.6 cm³/mol. The lowest BCUT2D eigenvalue weighted by Gasteiger charge is -2.09. The van der Waals surface area contributed by atoms with Crippen LogP contribution in [0.1, 0.15) is 5.56 Å². The average molecular weight is 280 g/mol. The number of para-hydroxylation sites is 1. The van der Waals surface area contributed by atoms with E-state index in [1.165, 1.54) is 13.3 Å². The molecule has 0 saturated carbocycles. The zero-order valence-electron chi connectivity index (χ0n) is 10.5. The molecule has 5 nitrogen and oxygen atoms in total. The summed E-state index contributed by atoms with van der Waals surface area (Å²) >= 11 is 5.94. The van der Waals surface area contributed by atoms with E-state index in [1.54, 1.807) is 0 Å². The van der Waals surface area contributed by atoms with Crippen LogP contribution in [0.2, 0.25) is 5.02 Å². The third kappa shape index (κ3) is 3.48. The highest BCUT2D eigenvalue weighted by atomic mass is 35.5. The molecule has 19 heavy (non-hydrogen) atoms. The number of nitrogen functional groups attached to an aromatic ring is 1. The Bertz CT molecular complexity index is 563. The standard InChI is InChI=1S/C13H14ClN3O2/c1-18-13-16-8-10(14)12(17-13)19-7-6-9-4-2-3-5-11(9)15/h2-5,8H,6-7,15H2,1H3. The molecule has 6 heteroatoms. The molecule has 0 aliphatic rings. The monoisotopic (exact) mass is 279 g/mol. The summed E-state index contributed by atoms with van der Waals surface area (Å²) < 4.78 is 10.4. The summed E-state index contributed by atoms with van der Waals surface area (Å²) in [5, 5.41) is 0.349. The molecule has 1 heterocycles. The van der Waals surface area contributed by atoms with Gasteiger partial charge in [-0.15, -0.1) is 0 Å². The van der Waals surface area contributed by atoms with Gasteiger partial charge in [-0.25, -0.2) is 4.98 Å². The Kier molecular flexibility index (Phi) is 4.41. The van der Waals surface area contributed by atoms with Gasteiger partial charge in [-0.05, 0) is 11.6 Å². The number of hydrogen-bond acceptors (Lipinski definition) is 5. The minimum atomic E-state index is 0.221. The fraction of sp³-hybridized carbons (Fsp3) is 0.231. The van der Waals surface area contributed by atoms with Crippen molar-refractivity contribution < 1.29 is 9.47 Å². The third-order valence-electron chi connectivity index (χ3n) is 2.54. The fourth-order valence-electron chi connectivity index (χ4n) is 1.56. The maximum atomic E-state index is 5.94. The molecule has 0 aliphatic carbocycles. The predicted octanol–water partition coefficient (Wildman–Crippen LogP) is 2.34. The van der Waals surface area contributed by atoms with Crippen molar-refractivity contribution in [3.05, 3.63) is 41.0 Å². The molecule has 0 amide bonds. The van der Waals surface area contributed by atoms with Crippen LogP contribution in [-0.2, 0) is 6.42 Å². The highest BCUT2D eigenvalue weighted by Crippen LogP contribution is 2.23. The van der Waals surface area contributed by atoms with Gasteiger partial charge in [0, 0.05) is 12.1 Å². The molecule has 0 atom stereocenters. The fourth-order valence-corrected chi connectivity index (χ4v) is 1.70. The summed E-state index contributed by atoms with van der Waals surface area (Å²) in [6.07, 6.45) is 2.12. The van der Waals surface area contributed by atoms with Crippen LogP contribution in [0.15, 0.2) is 30.5 Å². The lowest BCUT2D eigenvalue weighted by atomic mass is 10.1. The number of benzene rings is 1. The van der Waals surface area contributed by atoms with Crippen molar-refractivity contribution in [2.75, 3.05) is 19.5 Å². The quantitative estimate of drug-likeness (QED) is 0.851. The number of rotatable bonds is 5. The highest BCUT2D eigenvalue weighted by Gasteiger charge is 2.07. The van der Waals surface area contributed by atoms with Crippen LogP contribution in [0.5, 0.6) is 11.9 Å². The molecule has 2 aromatic rings. The second-order valence-electron chi connectivity index (χ2n) is 3.81. The van der Waals surface area contributed by atoms with Crippen molar-refractivity contribution in [1.82, 2.24) is 9.97 Å². The second kappa shape index (κ2) is 6.24. The van der Waals surface area contributed by atoms with E-state index < -0.39 is 0 Å². The first kappa shape index (κ1) is 13.4. The van der Waals surface area contributed by atoms with Crippen LogP contribution in [0, 0.1) is 0 Å². The smallest absolute Gasteiger partial charge is 0.319 e. The largest absolute Gasteiger partial charge is 0.476 e. The summed E-state index contributed by atoms with van der Waals surface area (Å²) in [5.74, 6) is 0.308. The van der Waals surface area contributed by atoms with Gasteiger partial charge < -0.3 is 15.2 Å². The van der Waals surface area contributed by atoms with Crippen LogP contribution >= 0.6 is 11.6 Å². The first-order valence-corrected chi connectivity index (χ1v) is 6.11. The van der Waals surface area contributed by atoms with Crippen molar-refractivity contribution in [1.29, 1.82) is 0 Å². The first-order valence-electron chi connectivity index (χ1n) is 5.73. The average Bonchev–Trinajstić information content (AvgIpc) is 2.43. The summed E-state index contributed by atoms with van der Waals surface area (Å²) in [4.78, 5) is 7.90. The zero-order chi connectivity index (χ0) is 13.7. The molecule has 2 N–H and O–H groups in total. The van der Waals surface area contributed by atoms with Gasteiger partial charge in [-0.1, -0.05) is 29.8 Å². The van der Waals surface area contributed by atoms with Gasteiger partial charge in [0.2, 0.25) is 5.88 Å². The van der Waals surface area contributed by atoms with Crippen LogP contribution in [0.4, 0.5) is 5.69 Å². The minimum absolute atomic E-state index is 0.221. The van der Waals surface area contributed by atoms with Crippen molar-refractivity contribution in [3.8, 4) is 11.9 Å². The SMILES string of the molecule is COc1ncc(Cl)c(OCCc2ccccc2N)n1. The summed E-state index contributed by atoms with van der Waals surface area (Å²) in [7, 11) is 1.48. The Balaban J connectivity index is 1.98. The Morgan fingerprint density at radius 3 is 2.84 bits per heavy atom. The molecule has 0 saturated heterocycles. The molecule has 0 aliphatic heterocycles. The van der Waals surface area contributed by atoms with E-state index in [9.17, 15) is 0 Å². The van der Waals surface area contributed by atoms with Crippen LogP contribution in [-0.4, -0.2) is 23.7 Å². The number of aromatic nitrogens is 2. The molecule has 1 aromatic carbocycles. The van der Waals surface area contributed by atoms with Crippen molar-refractivity contribution in [2.24, 2.45) is 0 Å². The molecular formula is C13H14ClN3O2. The van der Waals surface area contributed by atoms with E-state index in [1.807, 2.05) is 24.3 Å². The number of anilines is 1. The zero-order valence-corrected chi connectivity index (χ0v) is 11.2. The molecule has 1 aromatic heterocycles. The van der Waals surface area contributed by atoms with Gasteiger partial charge in [0.25, 0.3) is 0 Å². The molecule has 0 fully saturated rings. The highest BCUT2D eigenvalue weighted by molar-refractivity contribution is 6.31. The minimum Gasteiger partial charge on any atom is -0.476 e. The number of nitrogens with two attached hydrogens (primary N) is 1. The summed E-state index contributed by atoms with van der Waals surface area (Å²) in [5.41, 5.74) is 7.62. The second-order valence-corrected chi connectivity index (χ2v) is 4.21. The Hall–Kier alpha value is -2.01. The van der Waals surface area contributed by atoms with Crippen LogP contribution in [0.25, 0.3) is 0 Å². The molecule has 0 unspecified atom stereocenters. The van der Waals surface area contributed by atoms with E-state index in [0.29, 0.717) is 23.9 Å². The normalized spacial score (nSPS) is 10.2. The van der Waals surface area contributed by atoms with Gasteiger partial charge in [0.05, 0.1) is 19.9 Å². The van der Waals surface area contributed by atoms with Crippen LogP contribution in [0.3, 0.4) is 0 Å². The number of nitrogens with zero attached hydrogens (tertiary/aromatic N) is 2. The molecular weight excluding hydrogens is 266 g/mol. The van der Waals surface area contributed by atoms with Gasteiger partial charge in [-0.3, -0.25) is 0 Å². The van der Waals surface area contributed by atoms with Crippen molar-refractivity contribution in [3.63, 3.8) is 0 Å². The third-order valence-corrected chi connectivity index (χ3v) is 2.80. The number of halogens is 1.